The minimum atomic E-state index is -0.764. The van der Waals surface area contributed by atoms with Crippen LogP contribution in [0.1, 0.15) is 45.1 Å². The smallest absolute Gasteiger partial charge is 0.162 e. The van der Waals surface area contributed by atoms with Crippen LogP contribution >= 0.6 is 0 Å². The second-order valence-electron chi connectivity index (χ2n) is 4.40. The second kappa shape index (κ2) is 6.70. The van der Waals surface area contributed by atoms with Crippen LogP contribution in [-0.2, 0) is 0 Å². The third kappa shape index (κ3) is 3.50. The van der Waals surface area contributed by atoms with Gasteiger partial charge in [-0.3, -0.25) is 0 Å². The van der Waals surface area contributed by atoms with Crippen LogP contribution in [0.2, 0.25) is 0 Å². The van der Waals surface area contributed by atoms with Gasteiger partial charge in [0.2, 0.25) is 0 Å². The maximum atomic E-state index is 13.7. The highest BCUT2D eigenvalue weighted by Gasteiger charge is 2.21. The Morgan fingerprint density at radius 3 is 2.53 bits per heavy atom. The summed E-state index contributed by atoms with van der Waals surface area (Å²) >= 11 is 0. The van der Waals surface area contributed by atoms with Gasteiger partial charge in [0.1, 0.15) is 0 Å². The van der Waals surface area contributed by atoms with Gasteiger partial charge in [-0.1, -0.05) is 32.9 Å². The zero-order chi connectivity index (χ0) is 12.8. The zero-order valence-electron chi connectivity index (χ0n) is 10.8. The van der Waals surface area contributed by atoms with Crippen molar-refractivity contribution in [2.24, 2.45) is 0 Å². The van der Waals surface area contributed by atoms with Gasteiger partial charge in [-0.25, -0.2) is 8.78 Å². The van der Waals surface area contributed by atoms with Crippen LogP contribution in [0, 0.1) is 11.6 Å². The van der Waals surface area contributed by atoms with E-state index >= 15 is 0 Å². The van der Waals surface area contributed by atoms with Gasteiger partial charge in [-0.15, -0.1) is 0 Å². The Labute approximate surface area is 102 Å². The average molecular weight is 241 g/mol. The van der Waals surface area contributed by atoms with Crippen LogP contribution < -0.4 is 5.32 Å². The molecule has 1 aromatic carbocycles. The fourth-order valence-corrected chi connectivity index (χ4v) is 2.09. The van der Waals surface area contributed by atoms with Crippen LogP contribution in [0.4, 0.5) is 8.78 Å². The van der Waals surface area contributed by atoms with Crippen molar-refractivity contribution in [1.82, 2.24) is 5.32 Å². The van der Waals surface area contributed by atoms with Crippen LogP contribution in [0.25, 0.3) is 0 Å². The van der Waals surface area contributed by atoms with Crippen LogP contribution in [0.5, 0.6) is 0 Å². The van der Waals surface area contributed by atoms with E-state index < -0.39 is 11.6 Å². The Morgan fingerprint density at radius 2 is 1.94 bits per heavy atom. The first-order chi connectivity index (χ1) is 8.11. The number of benzene rings is 1. The number of hydrogen-bond donors (Lipinski definition) is 1. The highest BCUT2D eigenvalue weighted by atomic mass is 19.2. The molecule has 1 nitrogen and oxygen atoms in total. The molecule has 1 N–H and O–H groups in total. The molecule has 1 aromatic rings. The molecule has 0 radical (unpaired) electrons. The molecule has 3 heteroatoms. The summed E-state index contributed by atoms with van der Waals surface area (Å²) in [6, 6.07) is 4.58. The lowest BCUT2D eigenvalue weighted by atomic mass is 9.91. The fourth-order valence-electron chi connectivity index (χ4n) is 2.09. The minimum Gasteiger partial charge on any atom is -0.313 e. The zero-order valence-corrected chi connectivity index (χ0v) is 10.8. The molecule has 0 spiro atoms. The molecule has 17 heavy (non-hydrogen) atoms. The van der Waals surface area contributed by atoms with E-state index in [0.29, 0.717) is 5.56 Å². The molecule has 2 atom stereocenters. The van der Waals surface area contributed by atoms with Gasteiger partial charge in [0.05, 0.1) is 0 Å². The Balaban J connectivity index is 2.85. The van der Waals surface area contributed by atoms with Crippen LogP contribution in [0.3, 0.4) is 0 Å². The maximum Gasteiger partial charge on any atom is 0.162 e. The molecule has 0 aromatic heterocycles. The quantitative estimate of drug-likeness (QED) is 0.797. The van der Waals surface area contributed by atoms with Gasteiger partial charge >= 0.3 is 0 Å². The lowest BCUT2D eigenvalue weighted by Crippen LogP contribution is -2.34. The number of hydrogen-bond acceptors (Lipinski definition) is 1. The Morgan fingerprint density at radius 1 is 1.24 bits per heavy atom. The fraction of sp³-hybridized carbons (Fsp3) is 0.571. The highest BCUT2D eigenvalue weighted by Crippen LogP contribution is 2.25. The molecule has 0 saturated heterocycles. The van der Waals surface area contributed by atoms with Crippen molar-refractivity contribution in [3.05, 3.63) is 35.4 Å². The molecule has 1 rings (SSSR count). The summed E-state index contributed by atoms with van der Waals surface area (Å²) in [6.07, 6.45) is 1.94. The van der Waals surface area contributed by atoms with Crippen molar-refractivity contribution in [1.29, 1.82) is 0 Å². The number of rotatable bonds is 6. The molecule has 0 aliphatic heterocycles. The van der Waals surface area contributed by atoms with E-state index in [1.165, 1.54) is 0 Å². The Hall–Kier alpha value is -0.960. The third-order valence-corrected chi connectivity index (χ3v) is 3.17. The Bertz CT molecular complexity index is 352. The van der Waals surface area contributed by atoms with Gasteiger partial charge in [-0.2, -0.15) is 0 Å². The number of halogens is 2. The molecular formula is C14H21F2N. The minimum absolute atomic E-state index is 0.0257. The highest BCUT2D eigenvalue weighted by molar-refractivity contribution is 5.23. The van der Waals surface area contributed by atoms with E-state index in [1.807, 2.05) is 6.92 Å². The van der Waals surface area contributed by atoms with Gasteiger partial charge in [-0.05, 0) is 36.9 Å². The number of nitrogens with one attached hydrogen (secondary N) is 1. The third-order valence-electron chi connectivity index (χ3n) is 3.17. The lowest BCUT2D eigenvalue weighted by molar-refractivity contribution is 0.417. The molecule has 0 bridgehead atoms. The van der Waals surface area contributed by atoms with E-state index in [9.17, 15) is 8.78 Å². The van der Waals surface area contributed by atoms with Crippen molar-refractivity contribution >= 4 is 0 Å². The van der Waals surface area contributed by atoms with Crippen LogP contribution in [-0.4, -0.2) is 12.6 Å². The normalized spacial score (nSPS) is 14.6. The first-order valence-electron chi connectivity index (χ1n) is 6.29. The molecule has 96 valence electrons. The standard InChI is InChI=1S/C14H21F2N/c1-4-9-17-13(5-2)10(3)11-7-6-8-12(15)14(11)16/h6-8,10,13,17H,4-5,9H2,1-3H3. The van der Waals surface area contributed by atoms with Gasteiger partial charge in [0, 0.05) is 6.04 Å². The molecular weight excluding hydrogens is 220 g/mol. The lowest BCUT2D eigenvalue weighted by Gasteiger charge is -2.24. The first kappa shape index (κ1) is 14.1. The molecule has 0 fully saturated rings. The summed E-state index contributed by atoms with van der Waals surface area (Å²) in [5, 5.41) is 3.37. The van der Waals surface area contributed by atoms with Crippen molar-refractivity contribution in [3.8, 4) is 0 Å². The SMILES string of the molecule is CCCNC(CC)C(C)c1cccc(F)c1F. The van der Waals surface area contributed by atoms with E-state index in [0.717, 1.165) is 25.5 Å². The topological polar surface area (TPSA) is 12.0 Å². The summed E-state index contributed by atoms with van der Waals surface area (Å²) in [5.41, 5.74) is 0.459. The van der Waals surface area contributed by atoms with Gasteiger partial charge in [0.15, 0.2) is 11.6 Å². The molecule has 0 aliphatic carbocycles. The van der Waals surface area contributed by atoms with E-state index in [4.69, 9.17) is 0 Å². The predicted molar refractivity (Wildman–Crippen MR) is 67.1 cm³/mol. The van der Waals surface area contributed by atoms with Gasteiger partial charge in [0.25, 0.3) is 0 Å². The van der Waals surface area contributed by atoms with Crippen molar-refractivity contribution < 1.29 is 8.78 Å². The monoisotopic (exact) mass is 241 g/mol. The maximum absolute atomic E-state index is 13.7. The summed E-state index contributed by atoms with van der Waals surface area (Å²) < 4.78 is 26.8. The van der Waals surface area contributed by atoms with Crippen LogP contribution in [0.15, 0.2) is 18.2 Å². The molecule has 0 amide bonds. The average Bonchev–Trinajstić information content (AvgIpc) is 2.33. The molecule has 2 unspecified atom stereocenters. The Kier molecular flexibility index (Phi) is 5.56. The van der Waals surface area contributed by atoms with Crippen molar-refractivity contribution in [2.75, 3.05) is 6.54 Å². The molecule has 0 aliphatic rings. The summed E-state index contributed by atoms with van der Waals surface area (Å²) in [4.78, 5) is 0. The molecule has 0 heterocycles. The second-order valence-corrected chi connectivity index (χ2v) is 4.40. The summed E-state index contributed by atoms with van der Waals surface area (Å²) in [6.45, 7) is 6.99. The van der Waals surface area contributed by atoms with Crippen molar-refractivity contribution in [2.45, 2.75) is 45.6 Å². The molecule has 0 saturated carbocycles. The van der Waals surface area contributed by atoms with E-state index in [-0.39, 0.29) is 12.0 Å². The first-order valence-corrected chi connectivity index (χ1v) is 6.29. The van der Waals surface area contributed by atoms with E-state index in [1.54, 1.807) is 12.1 Å². The van der Waals surface area contributed by atoms with Gasteiger partial charge < -0.3 is 5.32 Å². The summed E-state index contributed by atoms with van der Waals surface area (Å²) in [7, 11) is 0. The predicted octanol–water partition coefficient (Wildman–Crippen LogP) is 3.85. The largest absolute Gasteiger partial charge is 0.313 e. The van der Waals surface area contributed by atoms with E-state index in [2.05, 4.69) is 19.2 Å². The summed E-state index contributed by atoms with van der Waals surface area (Å²) in [5.74, 6) is -1.50. The van der Waals surface area contributed by atoms with Crippen molar-refractivity contribution in [3.63, 3.8) is 0 Å².